The number of benzene rings is 1. The number of rotatable bonds is 3. The number of nitrogens with zero attached hydrogens (tertiary/aromatic N) is 2. The van der Waals surface area contributed by atoms with Crippen molar-refractivity contribution >= 4 is 11.6 Å². The number of piperazine rings is 1. The van der Waals surface area contributed by atoms with Gasteiger partial charge in [-0.3, -0.25) is 14.9 Å². The number of hydrogen-bond donors (Lipinski definition) is 1. The molecule has 2 atom stereocenters. The smallest absolute Gasteiger partial charge is 0.311 e. The minimum Gasteiger partial charge on any atom is -0.490 e. The van der Waals surface area contributed by atoms with Crippen molar-refractivity contribution in [2.24, 2.45) is 0 Å². The summed E-state index contributed by atoms with van der Waals surface area (Å²) in [6.07, 6.45) is 0. The summed E-state index contributed by atoms with van der Waals surface area (Å²) >= 11 is 0. The summed E-state index contributed by atoms with van der Waals surface area (Å²) in [6.45, 7) is 5.30. The number of amides is 1. The maximum absolute atomic E-state index is 12.8. The van der Waals surface area contributed by atoms with E-state index in [9.17, 15) is 14.9 Å². The fourth-order valence-corrected chi connectivity index (χ4v) is 2.72. The van der Waals surface area contributed by atoms with Gasteiger partial charge >= 0.3 is 5.69 Å². The van der Waals surface area contributed by atoms with E-state index in [2.05, 4.69) is 5.32 Å². The van der Waals surface area contributed by atoms with Crippen molar-refractivity contribution in [2.45, 2.75) is 25.9 Å². The Hall–Kier alpha value is -2.15. The summed E-state index contributed by atoms with van der Waals surface area (Å²) in [4.78, 5) is 25.0. The number of hydrogen-bond acceptors (Lipinski definition) is 5. The van der Waals surface area contributed by atoms with E-state index >= 15 is 0 Å². The predicted octanol–water partition coefficient (Wildman–Crippen LogP) is 1.43. The van der Waals surface area contributed by atoms with Crippen molar-refractivity contribution in [1.82, 2.24) is 10.2 Å². The number of ether oxygens (including phenoxy) is 1. The quantitative estimate of drug-likeness (QED) is 0.673. The summed E-state index contributed by atoms with van der Waals surface area (Å²) in [7, 11) is 1.34. The van der Waals surface area contributed by atoms with Gasteiger partial charge in [0.2, 0.25) is 5.75 Å². The standard InChI is InChI=1S/C14H19N3O4/c1-9-7-15-8-10(2)16(9)14(18)11-5-4-6-12(17(19)20)13(11)21-3/h4-6,9-10,15H,7-8H2,1-3H3. The number of carbonyl (C=O) groups is 1. The van der Waals surface area contributed by atoms with Crippen molar-refractivity contribution in [3.05, 3.63) is 33.9 Å². The average Bonchev–Trinajstić information content (AvgIpc) is 2.45. The highest BCUT2D eigenvalue weighted by atomic mass is 16.6. The molecule has 7 nitrogen and oxygen atoms in total. The second kappa shape index (κ2) is 6.09. The van der Waals surface area contributed by atoms with Gasteiger partial charge in [-0.05, 0) is 19.9 Å². The van der Waals surface area contributed by atoms with Gasteiger partial charge in [-0.1, -0.05) is 6.07 Å². The molecule has 0 aromatic heterocycles. The average molecular weight is 293 g/mol. The molecule has 114 valence electrons. The highest BCUT2D eigenvalue weighted by Crippen LogP contribution is 2.32. The third-order valence-corrected chi connectivity index (χ3v) is 3.69. The van der Waals surface area contributed by atoms with Crippen LogP contribution in [0.3, 0.4) is 0 Å². The van der Waals surface area contributed by atoms with Crippen molar-refractivity contribution < 1.29 is 14.5 Å². The van der Waals surface area contributed by atoms with E-state index in [1.54, 1.807) is 11.0 Å². The van der Waals surface area contributed by atoms with E-state index in [4.69, 9.17) is 4.74 Å². The zero-order valence-electron chi connectivity index (χ0n) is 12.3. The first kappa shape index (κ1) is 15.2. The summed E-state index contributed by atoms with van der Waals surface area (Å²) in [6, 6.07) is 4.44. The zero-order chi connectivity index (χ0) is 15.6. The molecule has 1 fully saturated rings. The molecule has 0 radical (unpaired) electrons. The van der Waals surface area contributed by atoms with Crippen molar-refractivity contribution in [2.75, 3.05) is 20.2 Å². The van der Waals surface area contributed by atoms with Gasteiger partial charge in [0.05, 0.1) is 17.6 Å². The predicted molar refractivity (Wildman–Crippen MR) is 77.6 cm³/mol. The van der Waals surface area contributed by atoms with Gasteiger partial charge in [-0.15, -0.1) is 0 Å². The van der Waals surface area contributed by atoms with Crippen LogP contribution in [0.1, 0.15) is 24.2 Å². The Balaban J connectivity index is 2.43. The Morgan fingerprint density at radius 3 is 2.52 bits per heavy atom. The molecular formula is C14H19N3O4. The van der Waals surface area contributed by atoms with Crippen LogP contribution >= 0.6 is 0 Å². The van der Waals surface area contributed by atoms with Crippen LogP contribution in [0.15, 0.2) is 18.2 Å². The lowest BCUT2D eigenvalue weighted by Crippen LogP contribution is -2.57. The molecule has 2 unspecified atom stereocenters. The minimum atomic E-state index is -0.541. The fraction of sp³-hybridized carbons (Fsp3) is 0.500. The van der Waals surface area contributed by atoms with Crippen LogP contribution in [0.25, 0.3) is 0 Å². The lowest BCUT2D eigenvalue weighted by molar-refractivity contribution is -0.385. The number of methoxy groups -OCH3 is 1. The molecule has 1 aromatic rings. The molecule has 1 N–H and O–H groups in total. The van der Waals surface area contributed by atoms with Gasteiger partial charge in [0, 0.05) is 31.2 Å². The largest absolute Gasteiger partial charge is 0.490 e. The number of nitro benzene ring substituents is 1. The highest BCUT2D eigenvalue weighted by molar-refractivity contribution is 5.98. The second-order valence-electron chi connectivity index (χ2n) is 5.18. The van der Waals surface area contributed by atoms with E-state index in [0.29, 0.717) is 13.1 Å². The fourth-order valence-electron chi connectivity index (χ4n) is 2.72. The van der Waals surface area contributed by atoms with Crippen molar-refractivity contribution in [3.63, 3.8) is 0 Å². The second-order valence-corrected chi connectivity index (χ2v) is 5.18. The van der Waals surface area contributed by atoms with E-state index in [-0.39, 0.29) is 35.0 Å². The van der Waals surface area contributed by atoms with Crippen molar-refractivity contribution in [1.29, 1.82) is 0 Å². The summed E-state index contributed by atoms with van der Waals surface area (Å²) < 4.78 is 5.12. The first-order valence-electron chi connectivity index (χ1n) is 6.82. The lowest BCUT2D eigenvalue weighted by atomic mass is 10.1. The van der Waals surface area contributed by atoms with E-state index < -0.39 is 4.92 Å². The van der Waals surface area contributed by atoms with Crippen LogP contribution in [-0.4, -0.2) is 48.0 Å². The molecule has 1 aromatic carbocycles. The molecule has 0 saturated carbocycles. The van der Waals surface area contributed by atoms with E-state index in [1.807, 2.05) is 13.8 Å². The van der Waals surface area contributed by atoms with Gasteiger partial charge < -0.3 is 15.0 Å². The van der Waals surface area contributed by atoms with Crippen LogP contribution in [0, 0.1) is 10.1 Å². The zero-order valence-corrected chi connectivity index (χ0v) is 12.3. The molecule has 21 heavy (non-hydrogen) atoms. The molecule has 1 amide bonds. The summed E-state index contributed by atoms with van der Waals surface area (Å²) in [5, 5.41) is 14.3. The minimum absolute atomic E-state index is 0.0187. The molecular weight excluding hydrogens is 274 g/mol. The SMILES string of the molecule is COc1c(C(=O)N2C(C)CNCC2C)cccc1[N+](=O)[O-]. The summed E-state index contributed by atoms with van der Waals surface area (Å²) in [5.41, 5.74) is 0.0334. The number of nitrogens with one attached hydrogen (secondary N) is 1. The molecule has 0 aliphatic carbocycles. The number of carbonyl (C=O) groups excluding carboxylic acids is 1. The van der Waals surface area contributed by atoms with Crippen LogP contribution in [0.4, 0.5) is 5.69 Å². The van der Waals surface area contributed by atoms with Crippen LogP contribution < -0.4 is 10.1 Å². The summed E-state index contributed by atoms with van der Waals surface area (Å²) in [5.74, 6) is -0.220. The maximum Gasteiger partial charge on any atom is 0.311 e. The maximum atomic E-state index is 12.8. The molecule has 0 spiro atoms. The van der Waals surface area contributed by atoms with Crippen molar-refractivity contribution in [3.8, 4) is 5.75 Å². The van der Waals surface area contributed by atoms with Crippen LogP contribution in [0.5, 0.6) is 5.75 Å². The van der Waals surface area contributed by atoms with E-state index in [1.165, 1.54) is 19.2 Å². The molecule has 1 aliphatic rings. The number of nitro groups is 1. The van der Waals surface area contributed by atoms with Crippen LogP contribution in [-0.2, 0) is 0 Å². The van der Waals surface area contributed by atoms with Crippen LogP contribution in [0.2, 0.25) is 0 Å². The van der Waals surface area contributed by atoms with Gasteiger partial charge in [-0.25, -0.2) is 0 Å². The number of para-hydroxylation sites is 1. The van der Waals surface area contributed by atoms with Gasteiger partial charge in [0.1, 0.15) is 0 Å². The molecule has 1 heterocycles. The Bertz CT molecular complexity index is 551. The normalized spacial score (nSPS) is 22.0. The monoisotopic (exact) mass is 293 g/mol. The first-order valence-corrected chi connectivity index (χ1v) is 6.82. The lowest BCUT2D eigenvalue weighted by Gasteiger charge is -2.39. The topological polar surface area (TPSA) is 84.7 Å². The Labute approximate surface area is 123 Å². The Morgan fingerprint density at radius 1 is 1.38 bits per heavy atom. The Morgan fingerprint density at radius 2 is 2.00 bits per heavy atom. The highest BCUT2D eigenvalue weighted by Gasteiger charge is 2.33. The third-order valence-electron chi connectivity index (χ3n) is 3.69. The van der Waals surface area contributed by atoms with Gasteiger partial charge in [-0.2, -0.15) is 0 Å². The van der Waals surface area contributed by atoms with E-state index in [0.717, 1.165) is 0 Å². The molecule has 0 bridgehead atoms. The van der Waals surface area contributed by atoms with Gasteiger partial charge in [0.25, 0.3) is 5.91 Å². The molecule has 2 rings (SSSR count). The molecule has 1 saturated heterocycles. The molecule has 1 aliphatic heterocycles. The van der Waals surface area contributed by atoms with Gasteiger partial charge in [0.15, 0.2) is 0 Å². The Kier molecular flexibility index (Phi) is 4.42. The first-order chi connectivity index (χ1) is 9.97. The third kappa shape index (κ3) is 2.82. The molecule has 7 heteroatoms.